The largest absolute Gasteiger partial charge is 0.497 e. The lowest BCUT2D eigenvalue weighted by atomic mass is 10.1. The number of nitrogens with one attached hydrogen (secondary N) is 3. The van der Waals surface area contributed by atoms with Crippen LogP contribution in [0.15, 0.2) is 54.6 Å². The van der Waals surface area contributed by atoms with Crippen LogP contribution in [0.1, 0.15) is 18.5 Å². The third-order valence-corrected chi connectivity index (χ3v) is 4.57. The highest BCUT2D eigenvalue weighted by molar-refractivity contribution is 5.80. The topological polar surface area (TPSA) is 84.5 Å². The SMILES string of the molecule is COc1ccc(OC)c(C(C)NC(=O)NCCNc2ccc3ccccc3n2)c1. The van der Waals surface area contributed by atoms with Crippen LogP contribution in [-0.4, -0.2) is 38.3 Å². The standard InChI is InChI=1S/C22H26N4O3/c1-15(18-14-17(28-2)9-10-20(18)29-3)25-22(27)24-13-12-23-21-11-8-16-6-4-5-7-19(16)26-21/h4-11,14-15H,12-13H2,1-3H3,(H,23,26)(H2,24,25,27). The van der Waals surface area contributed by atoms with E-state index in [2.05, 4.69) is 20.9 Å². The number of carbonyl (C=O) groups is 1. The van der Waals surface area contributed by atoms with E-state index in [-0.39, 0.29) is 12.1 Å². The van der Waals surface area contributed by atoms with Crippen LogP contribution >= 0.6 is 0 Å². The lowest BCUT2D eigenvalue weighted by Crippen LogP contribution is -2.39. The number of hydrogen-bond acceptors (Lipinski definition) is 5. The zero-order valence-electron chi connectivity index (χ0n) is 16.9. The maximum Gasteiger partial charge on any atom is 0.315 e. The summed E-state index contributed by atoms with van der Waals surface area (Å²) in [6.07, 6.45) is 0. The van der Waals surface area contributed by atoms with Crippen LogP contribution in [0.25, 0.3) is 10.9 Å². The minimum atomic E-state index is -0.254. The van der Waals surface area contributed by atoms with E-state index < -0.39 is 0 Å². The van der Waals surface area contributed by atoms with Gasteiger partial charge >= 0.3 is 6.03 Å². The average Bonchev–Trinajstić information content (AvgIpc) is 2.76. The van der Waals surface area contributed by atoms with Gasteiger partial charge < -0.3 is 25.4 Å². The van der Waals surface area contributed by atoms with E-state index in [0.29, 0.717) is 24.6 Å². The highest BCUT2D eigenvalue weighted by Gasteiger charge is 2.15. The molecule has 1 aromatic heterocycles. The molecule has 0 spiro atoms. The van der Waals surface area contributed by atoms with Gasteiger partial charge in [0.2, 0.25) is 0 Å². The van der Waals surface area contributed by atoms with Gasteiger partial charge in [0.25, 0.3) is 0 Å². The summed E-state index contributed by atoms with van der Waals surface area (Å²) in [6.45, 7) is 2.92. The molecule has 7 heteroatoms. The second-order valence-corrected chi connectivity index (χ2v) is 6.55. The van der Waals surface area contributed by atoms with Crippen molar-refractivity contribution in [1.82, 2.24) is 15.6 Å². The Morgan fingerprint density at radius 1 is 1.03 bits per heavy atom. The summed E-state index contributed by atoms with van der Waals surface area (Å²) < 4.78 is 10.6. The van der Waals surface area contributed by atoms with Crippen molar-refractivity contribution in [2.75, 3.05) is 32.6 Å². The Hall–Kier alpha value is -3.48. The van der Waals surface area contributed by atoms with Crippen LogP contribution in [0.4, 0.5) is 10.6 Å². The molecule has 0 bridgehead atoms. The van der Waals surface area contributed by atoms with Gasteiger partial charge in [-0.25, -0.2) is 9.78 Å². The van der Waals surface area contributed by atoms with Gasteiger partial charge in [-0.3, -0.25) is 0 Å². The maximum atomic E-state index is 12.2. The molecule has 152 valence electrons. The van der Waals surface area contributed by atoms with Crippen LogP contribution in [0.3, 0.4) is 0 Å². The zero-order valence-corrected chi connectivity index (χ0v) is 16.9. The van der Waals surface area contributed by atoms with Crippen molar-refractivity contribution < 1.29 is 14.3 Å². The number of para-hydroxylation sites is 1. The molecule has 3 aromatic rings. The fourth-order valence-electron chi connectivity index (χ4n) is 3.03. The number of anilines is 1. The predicted octanol–water partition coefficient (Wildman–Crippen LogP) is 3.72. The highest BCUT2D eigenvalue weighted by Crippen LogP contribution is 2.29. The lowest BCUT2D eigenvalue weighted by molar-refractivity contribution is 0.238. The van der Waals surface area contributed by atoms with Gasteiger partial charge in [0.15, 0.2) is 0 Å². The molecule has 0 radical (unpaired) electrons. The monoisotopic (exact) mass is 394 g/mol. The van der Waals surface area contributed by atoms with Gasteiger partial charge in [0, 0.05) is 24.0 Å². The van der Waals surface area contributed by atoms with E-state index in [4.69, 9.17) is 9.47 Å². The molecule has 0 aliphatic carbocycles. The number of nitrogens with zero attached hydrogens (tertiary/aromatic N) is 1. The minimum absolute atomic E-state index is 0.241. The first-order valence-corrected chi connectivity index (χ1v) is 9.46. The molecule has 7 nitrogen and oxygen atoms in total. The second kappa shape index (κ2) is 9.64. The summed E-state index contributed by atoms with van der Waals surface area (Å²) >= 11 is 0. The van der Waals surface area contributed by atoms with Crippen LogP contribution in [-0.2, 0) is 0 Å². The summed E-state index contributed by atoms with van der Waals surface area (Å²) in [4.78, 5) is 16.8. The summed E-state index contributed by atoms with van der Waals surface area (Å²) in [7, 11) is 3.21. The molecule has 0 saturated carbocycles. The predicted molar refractivity (Wildman–Crippen MR) is 115 cm³/mol. The van der Waals surface area contributed by atoms with Crippen molar-refractivity contribution in [3.63, 3.8) is 0 Å². The molecule has 0 aliphatic heterocycles. The van der Waals surface area contributed by atoms with Crippen molar-refractivity contribution in [1.29, 1.82) is 0 Å². The third-order valence-electron chi connectivity index (χ3n) is 4.57. The van der Waals surface area contributed by atoms with Crippen molar-refractivity contribution >= 4 is 22.8 Å². The molecular weight excluding hydrogens is 368 g/mol. The first-order chi connectivity index (χ1) is 14.1. The second-order valence-electron chi connectivity index (χ2n) is 6.55. The first kappa shape index (κ1) is 20.3. The number of aromatic nitrogens is 1. The Labute approximate surface area is 170 Å². The number of rotatable bonds is 8. The van der Waals surface area contributed by atoms with Gasteiger partial charge in [-0.1, -0.05) is 18.2 Å². The average molecular weight is 394 g/mol. The number of urea groups is 1. The van der Waals surface area contributed by atoms with E-state index in [9.17, 15) is 4.79 Å². The number of hydrogen-bond donors (Lipinski definition) is 3. The molecule has 29 heavy (non-hydrogen) atoms. The molecule has 0 fully saturated rings. The summed E-state index contributed by atoms with van der Waals surface area (Å²) in [6, 6.07) is 16.9. The third kappa shape index (κ3) is 5.28. The van der Waals surface area contributed by atoms with Gasteiger partial charge in [0.1, 0.15) is 17.3 Å². The van der Waals surface area contributed by atoms with E-state index >= 15 is 0 Å². The summed E-state index contributed by atoms with van der Waals surface area (Å²) in [5, 5.41) is 10.1. The Bertz CT molecular complexity index is 977. The van der Waals surface area contributed by atoms with Crippen LogP contribution in [0.2, 0.25) is 0 Å². The van der Waals surface area contributed by atoms with Crippen molar-refractivity contribution in [2.24, 2.45) is 0 Å². The molecule has 0 aliphatic rings. The van der Waals surface area contributed by atoms with E-state index in [0.717, 1.165) is 22.3 Å². The smallest absolute Gasteiger partial charge is 0.315 e. The number of ether oxygens (including phenoxy) is 2. The Morgan fingerprint density at radius 3 is 2.66 bits per heavy atom. The number of fused-ring (bicyclic) bond motifs is 1. The normalized spacial score (nSPS) is 11.6. The highest BCUT2D eigenvalue weighted by atomic mass is 16.5. The molecular formula is C22H26N4O3. The number of methoxy groups -OCH3 is 2. The molecule has 2 amide bonds. The van der Waals surface area contributed by atoms with Crippen LogP contribution < -0.4 is 25.4 Å². The van der Waals surface area contributed by atoms with Crippen LogP contribution in [0, 0.1) is 0 Å². The summed E-state index contributed by atoms with van der Waals surface area (Å²) in [5.74, 6) is 2.19. The molecule has 3 N–H and O–H groups in total. The number of amides is 2. The fraction of sp³-hybridized carbons (Fsp3) is 0.273. The quantitative estimate of drug-likeness (QED) is 0.507. The number of pyridine rings is 1. The first-order valence-electron chi connectivity index (χ1n) is 9.46. The number of benzene rings is 2. The van der Waals surface area contributed by atoms with Crippen molar-refractivity contribution in [2.45, 2.75) is 13.0 Å². The molecule has 1 atom stereocenters. The Morgan fingerprint density at radius 2 is 1.86 bits per heavy atom. The van der Waals surface area contributed by atoms with Gasteiger partial charge in [-0.15, -0.1) is 0 Å². The number of carbonyl (C=O) groups excluding carboxylic acids is 1. The maximum absolute atomic E-state index is 12.2. The summed E-state index contributed by atoms with van der Waals surface area (Å²) in [5.41, 5.74) is 1.78. The molecule has 1 heterocycles. The van der Waals surface area contributed by atoms with Crippen molar-refractivity contribution in [3.8, 4) is 11.5 Å². The lowest BCUT2D eigenvalue weighted by Gasteiger charge is -2.18. The van der Waals surface area contributed by atoms with Crippen LogP contribution in [0.5, 0.6) is 11.5 Å². The fourth-order valence-corrected chi connectivity index (χ4v) is 3.03. The van der Waals surface area contributed by atoms with E-state index in [1.165, 1.54) is 0 Å². The molecule has 3 rings (SSSR count). The molecule has 2 aromatic carbocycles. The van der Waals surface area contributed by atoms with E-state index in [1.54, 1.807) is 14.2 Å². The zero-order chi connectivity index (χ0) is 20.6. The Balaban J connectivity index is 1.48. The van der Waals surface area contributed by atoms with E-state index in [1.807, 2.05) is 61.5 Å². The van der Waals surface area contributed by atoms with Crippen molar-refractivity contribution in [3.05, 3.63) is 60.2 Å². The molecule has 0 saturated heterocycles. The van der Waals surface area contributed by atoms with Gasteiger partial charge in [0.05, 0.1) is 25.8 Å². The van der Waals surface area contributed by atoms with Gasteiger partial charge in [-0.2, -0.15) is 0 Å². The molecule has 1 unspecified atom stereocenters. The Kier molecular flexibility index (Phi) is 6.73. The van der Waals surface area contributed by atoms with Gasteiger partial charge in [-0.05, 0) is 43.3 Å². The minimum Gasteiger partial charge on any atom is -0.497 e.